The minimum atomic E-state index is 0.0583. The van der Waals surface area contributed by atoms with Crippen LogP contribution in [-0.4, -0.2) is 55.1 Å². The van der Waals surface area contributed by atoms with Crippen LogP contribution in [0.15, 0.2) is 42.5 Å². The zero-order valence-electron chi connectivity index (χ0n) is 18.2. The summed E-state index contributed by atoms with van der Waals surface area (Å²) >= 11 is 0. The number of hydrogen-bond acceptors (Lipinski definition) is 4. The zero-order chi connectivity index (χ0) is 21.6. The molecule has 0 unspecified atom stereocenters. The van der Waals surface area contributed by atoms with Gasteiger partial charge in [-0.05, 0) is 55.5 Å². The van der Waals surface area contributed by atoms with E-state index in [1.54, 1.807) is 7.11 Å². The molecule has 0 aliphatic carbocycles. The molecular formula is C26H30N2O3. The third kappa shape index (κ3) is 5.21. The lowest BCUT2D eigenvalue weighted by Gasteiger charge is -2.32. The molecule has 0 atom stereocenters. The van der Waals surface area contributed by atoms with Crippen molar-refractivity contribution in [2.75, 3.05) is 33.3 Å². The van der Waals surface area contributed by atoms with Gasteiger partial charge in [-0.3, -0.25) is 9.69 Å². The molecule has 2 heterocycles. The van der Waals surface area contributed by atoms with Crippen LogP contribution < -0.4 is 9.47 Å². The average Bonchev–Trinajstić information content (AvgIpc) is 3.35. The number of rotatable bonds is 6. The standard InChI is InChI=1S/C26H30N2O3/c1-3-20-6-8-21(9-7-20)19-27-16-12-22(13-17-27)31-25-18-23(30-2)10-11-24(25)26(29)28-14-4-5-15-28/h1,6-11,18,22H,4-5,12-17,19H2,2H3. The van der Waals surface area contributed by atoms with Crippen LogP contribution in [0.3, 0.4) is 0 Å². The van der Waals surface area contributed by atoms with Crippen LogP contribution >= 0.6 is 0 Å². The Kier molecular flexibility index (Phi) is 6.79. The molecule has 0 radical (unpaired) electrons. The number of likely N-dealkylation sites (tertiary alicyclic amines) is 2. The van der Waals surface area contributed by atoms with Gasteiger partial charge >= 0.3 is 0 Å². The van der Waals surface area contributed by atoms with Crippen LogP contribution in [0.2, 0.25) is 0 Å². The second kappa shape index (κ2) is 9.89. The van der Waals surface area contributed by atoms with Crippen LogP contribution in [0.1, 0.15) is 47.2 Å². The van der Waals surface area contributed by atoms with Gasteiger partial charge in [0.05, 0.1) is 12.7 Å². The van der Waals surface area contributed by atoms with Crippen molar-refractivity contribution in [2.45, 2.75) is 38.3 Å². The number of piperidine rings is 1. The van der Waals surface area contributed by atoms with E-state index in [0.29, 0.717) is 17.1 Å². The summed E-state index contributed by atoms with van der Waals surface area (Å²) in [5, 5.41) is 0. The molecule has 2 aromatic rings. The molecule has 0 spiro atoms. The van der Waals surface area contributed by atoms with E-state index in [4.69, 9.17) is 15.9 Å². The normalized spacial score (nSPS) is 17.4. The van der Waals surface area contributed by atoms with Gasteiger partial charge < -0.3 is 14.4 Å². The molecule has 1 amide bonds. The van der Waals surface area contributed by atoms with Crippen molar-refractivity contribution >= 4 is 5.91 Å². The van der Waals surface area contributed by atoms with Crippen LogP contribution in [-0.2, 0) is 6.54 Å². The maximum atomic E-state index is 13.0. The van der Waals surface area contributed by atoms with Gasteiger partial charge in [0, 0.05) is 44.4 Å². The van der Waals surface area contributed by atoms with Crippen molar-refractivity contribution in [3.8, 4) is 23.8 Å². The number of hydrogen-bond donors (Lipinski definition) is 0. The number of nitrogens with zero attached hydrogens (tertiary/aromatic N) is 2. The monoisotopic (exact) mass is 418 g/mol. The van der Waals surface area contributed by atoms with Gasteiger partial charge in [-0.1, -0.05) is 18.1 Å². The van der Waals surface area contributed by atoms with Gasteiger partial charge in [-0.15, -0.1) is 6.42 Å². The fourth-order valence-electron chi connectivity index (χ4n) is 4.32. The lowest BCUT2D eigenvalue weighted by Crippen LogP contribution is -2.38. The van der Waals surface area contributed by atoms with Crippen molar-refractivity contribution in [3.63, 3.8) is 0 Å². The highest BCUT2D eigenvalue weighted by Gasteiger charge is 2.26. The zero-order valence-corrected chi connectivity index (χ0v) is 18.2. The van der Waals surface area contributed by atoms with E-state index in [2.05, 4.69) is 23.0 Å². The van der Waals surface area contributed by atoms with Gasteiger partial charge in [-0.25, -0.2) is 0 Å². The molecule has 4 rings (SSSR count). The summed E-state index contributed by atoms with van der Waals surface area (Å²) in [4.78, 5) is 17.4. The first-order valence-corrected chi connectivity index (χ1v) is 11.1. The largest absolute Gasteiger partial charge is 0.497 e. The lowest BCUT2D eigenvalue weighted by atomic mass is 10.1. The fraction of sp³-hybridized carbons (Fsp3) is 0.423. The van der Waals surface area contributed by atoms with Gasteiger partial charge in [0.15, 0.2) is 0 Å². The molecule has 2 aliphatic heterocycles. The van der Waals surface area contributed by atoms with Crippen molar-refractivity contribution < 1.29 is 14.3 Å². The highest BCUT2D eigenvalue weighted by Crippen LogP contribution is 2.30. The molecule has 5 heteroatoms. The molecule has 2 aromatic carbocycles. The Labute approximate surface area is 184 Å². The maximum absolute atomic E-state index is 13.0. The first-order chi connectivity index (χ1) is 15.2. The third-order valence-corrected chi connectivity index (χ3v) is 6.17. The molecular weight excluding hydrogens is 388 g/mol. The highest BCUT2D eigenvalue weighted by atomic mass is 16.5. The highest BCUT2D eigenvalue weighted by molar-refractivity contribution is 5.97. The van der Waals surface area contributed by atoms with Crippen LogP contribution in [0.25, 0.3) is 0 Å². The van der Waals surface area contributed by atoms with E-state index < -0.39 is 0 Å². The van der Waals surface area contributed by atoms with Gasteiger partial charge in [0.25, 0.3) is 5.91 Å². The minimum Gasteiger partial charge on any atom is -0.497 e. The average molecular weight is 419 g/mol. The quantitative estimate of drug-likeness (QED) is 0.666. The molecule has 2 saturated heterocycles. The van der Waals surface area contributed by atoms with E-state index in [1.807, 2.05) is 35.2 Å². The molecule has 31 heavy (non-hydrogen) atoms. The topological polar surface area (TPSA) is 42.0 Å². The first kappa shape index (κ1) is 21.3. The summed E-state index contributed by atoms with van der Waals surface area (Å²) in [6, 6.07) is 13.7. The molecule has 2 aliphatic rings. The Bertz CT molecular complexity index is 934. The summed E-state index contributed by atoms with van der Waals surface area (Å²) in [5.41, 5.74) is 2.82. The Morgan fingerprint density at radius 1 is 1.06 bits per heavy atom. The summed E-state index contributed by atoms with van der Waals surface area (Å²) < 4.78 is 11.7. The van der Waals surface area contributed by atoms with Crippen molar-refractivity contribution in [3.05, 3.63) is 59.2 Å². The molecule has 5 nitrogen and oxygen atoms in total. The van der Waals surface area contributed by atoms with Gasteiger partial charge in [-0.2, -0.15) is 0 Å². The maximum Gasteiger partial charge on any atom is 0.257 e. The van der Waals surface area contributed by atoms with E-state index in [1.165, 1.54) is 5.56 Å². The molecule has 0 saturated carbocycles. The lowest BCUT2D eigenvalue weighted by molar-refractivity contribution is 0.0764. The summed E-state index contributed by atoms with van der Waals surface area (Å²) in [6.07, 6.45) is 9.53. The van der Waals surface area contributed by atoms with Gasteiger partial charge in [0.2, 0.25) is 0 Å². The predicted octanol–water partition coefficient (Wildman–Crippen LogP) is 3.96. The van der Waals surface area contributed by atoms with Crippen LogP contribution in [0, 0.1) is 12.3 Å². The van der Waals surface area contributed by atoms with Crippen LogP contribution in [0.4, 0.5) is 0 Å². The molecule has 2 fully saturated rings. The fourth-order valence-corrected chi connectivity index (χ4v) is 4.32. The van der Waals surface area contributed by atoms with Crippen molar-refractivity contribution in [1.82, 2.24) is 9.80 Å². The summed E-state index contributed by atoms with van der Waals surface area (Å²) in [6.45, 7) is 4.48. The molecule has 162 valence electrons. The number of terminal acetylenes is 1. The van der Waals surface area contributed by atoms with Crippen LogP contribution in [0.5, 0.6) is 11.5 Å². The second-order valence-electron chi connectivity index (χ2n) is 8.30. The van der Waals surface area contributed by atoms with E-state index in [0.717, 1.165) is 64.0 Å². The Morgan fingerprint density at radius 3 is 2.42 bits per heavy atom. The van der Waals surface area contributed by atoms with E-state index >= 15 is 0 Å². The second-order valence-corrected chi connectivity index (χ2v) is 8.30. The Balaban J connectivity index is 1.38. The number of carbonyl (C=O) groups is 1. The molecule has 0 N–H and O–H groups in total. The Morgan fingerprint density at radius 2 is 1.77 bits per heavy atom. The predicted molar refractivity (Wildman–Crippen MR) is 121 cm³/mol. The third-order valence-electron chi connectivity index (χ3n) is 6.17. The summed E-state index contributed by atoms with van der Waals surface area (Å²) in [7, 11) is 1.63. The number of ether oxygens (including phenoxy) is 2. The number of methoxy groups -OCH3 is 1. The minimum absolute atomic E-state index is 0.0583. The number of carbonyl (C=O) groups excluding carboxylic acids is 1. The van der Waals surface area contributed by atoms with Crippen molar-refractivity contribution in [1.29, 1.82) is 0 Å². The summed E-state index contributed by atoms with van der Waals surface area (Å²) in [5.74, 6) is 4.06. The SMILES string of the molecule is C#Cc1ccc(CN2CCC(Oc3cc(OC)ccc3C(=O)N3CCCC3)CC2)cc1. The molecule has 0 bridgehead atoms. The van der Waals surface area contributed by atoms with E-state index in [9.17, 15) is 4.79 Å². The Hall–Kier alpha value is -2.97. The van der Waals surface area contributed by atoms with Crippen molar-refractivity contribution in [2.24, 2.45) is 0 Å². The number of benzene rings is 2. The number of amides is 1. The van der Waals surface area contributed by atoms with Gasteiger partial charge in [0.1, 0.15) is 17.6 Å². The first-order valence-electron chi connectivity index (χ1n) is 11.1. The molecule has 0 aromatic heterocycles. The smallest absolute Gasteiger partial charge is 0.257 e. The van der Waals surface area contributed by atoms with E-state index in [-0.39, 0.29) is 12.0 Å².